The van der Waals surface area contributed by atoms with Crippen molar-refractivity contribution in [3.63, 3.8) is 0 Å². The Morgan fingerprint density at radius 3 is 2.62 bits per heavy atom. The third kappa shape index (κ3) is 5.96. The van der Waals surface area contributed by atoms with E-state index in [0.717, 1.165) is 24.0 Å². The Morgan fingerprint density at radius 2 is 2.00 bits per heavy atom. The SMILES string of the molecule is BC(B)(B)N1C(=O)[C@H](NC(=O)c2nn(CC3=CCCC=C3)cc2P)[C@H](C)Cc2cc(S(C)(=O)=O)ccc21. The number of carbonyl (C=O) groups excluding carboxylic acids is 2. The molecular weight excluding hydrogens is 504 g/mol. The largest absolute Gasteiger partial charge is 0.339 e. The Labute approximate surface area is 223 Å². The molecule has 2 amide bonds. The second-order valence-corrected chi connectivity index (χ2v) is 13.6. The number of hydrogen-bond acceptors (Lipinski definition) is 5. The van der Waals surface area contributed by atoms with Gasteiger partial charge in [0.25, 0.3) is 5.91 Å². The number of allylic oxidation sites excluding steroid dienone is 4. The zero-order valence-electron chi connectivity index (χ0n) is 22.0. The number of nitrogens with one attached hydrogen (secondary N) is 1. The van der Waals surface area contributed by atoms with Crippen molar-refractivity contribution >= 4 is 65.4 Å². The molecule has 3 atom stereocenters. The predicted octanol–water partition coefficient (Wildman–Crippen LogP) is -1.10. The molecule has 2 aliphatic rings. The molecule has 0 spiro atoms. The average Bonchev–Trinajstić information content (AvgIpc) is 3.12. The van der Waals surface area contributed by atoms with Gasteiger partial charge >= 0.3 is 0 Å². The highest BCUT2D eigenvalue weighted by molar-refractivity contribution is 7.90. The number of fused-ring (bicyclic) bond motifs is 1. The van der Waals surface area contributed by atoms with E-state index in [1.807, 2.05) is 36.7 Å². The summed E-state index contributed by atoms with van der Waals surface area (Å²) in [7, 11) is 4.91. The van der Waals surface area contributed by atoms with E-state index in [9.17, 15) is 18.0 Å². The van der Waals surface area contributed by atoms with Crippen LogP contribution in [0.4, 0.5) is 5.69 Å². The topological polar surface area (TPSA) is 101 Å². The average molecular weight is 536 g/mol. The molecule has 8 nitrogen and oxygen atoms in total. The van der Waals surface area contributed by atoms with Gasteiger partial charge in [-0.3, -0.25) is 14.3 Å². The van der Waals surface area contributed by atoms with Crippen LogP contribution in [-0.4, -0.2) is 71.1 Å². The summed E-state index contributed by atoms with van der Waals surface area (Å²) in [6, 6.07) is 4.07. The highest BCUT2D eigenvalue weighted by atomic mass is 32.2. The Kier molecular flexibility index (Phi) is 7.64. The van der Waals surface area contributed by atoms with Gasteiger partial charge in [0.05, 0.1) is 11.4 Å². The molecule has 1 aliphatic carbocycles. The molecule has 1 aromatic heterocycles. The van der Waals surface area contributed by atoms with Gasteiger partial charge in [0.1, 0.15) is 29.6 Å². The van der Waals surface area contributed by atoms with Gasteiger partial charge in [0.15, 0.2) is 15.5 Å². The molecule has 2 heterocycles. The molecule has 1 aromatic carbocycles. The summed E-state index contributed by atoms with van der Waals surface area (Å²) < 4.78 is 26.1. The molecule has 0 saturated carbocycles. The lowest BCUT2D eigenvalue weighted by atomic mass is 9.48. The van der Waals surface area contributed by atoms with Crippen LogP contribution in [0.1, 0.15) is 35.8 Å². The van der Waals surface area contributed by atoms with E-state index in [4.69, 9.17) is 0 Å². The highest BCUT2D eigenvalue weighted by Gasteiger charge is 2.40. The van der Waals surface area contributed by atoms with Crippen LogP contribution in [0.15, 0.2) is 53.1 Å². The van der Waals surface area contributed by atoms with Crippen molar-refractivity contribution in [3.8, 4) is 0 Å². The molecule has 1 N–H and O–H groups in total. The molecule has 1 aliphatic heterocycles. The fraction of sp³-hybridized carbons (Fsp3) is 0.375. The zero-order valence-corrected chi connectivity index (χ0v) is 24.0. The van der Waals surface area contributed by atoms with E-state index >= 15 is 0 Å². The summed E-state index contributed by atoms with van der Waals surface area (Å²) in [5, 5.41) is 7.51. The van der Waals surface area contributed by atoms with Gasteiger partial charge in [-0.2, -0.15) is 5.10 Å². The minimum Gasteiger partial charge on any atom is -0.339 e. The van der Waals surface area contributed by atoms with E-state index in [0.29, 0.717) is 24.0 Å². The minimum atomic E-state index is -3.41. The van der Waals surface area contributed by atoms with Crippen LogP contribution in [-0.2, 0) is 27.6 Å². The van der Waals surface area contributed by atoms with Crippen LogP contribution in [0.25, 0.3) is 0 Å². The number of anilines is 1. The minimum absolute atomic E-state index is 0.211. The third-order valence-corrected chi connectivity index (χ3v) is 8.23. The van der Waals surface area contributed by atoms with E-state index in [-0.39, 0.29) is 22.4 Å². The van der Waals surface area contributed by atoms with Crippen molar-refractivity contribution in [1.82, 2.24) is 15.1 Å². The molecule has 0 bridgehead atoms. The van der Waals surface area contributed by atoms with Crippen LogP contribution in [0.5, 0.6) is 0 Å². The molecule has 37 heavy (non-hydrogen) atoms. The van der Waals surface area contributed by atoms with Crippen molar-refractivity contribution < 1.29 is 18.0 Å². The lowest BCUT2D eigenvalue weighted by molar-refractivity contribution is -0.121. The van der Waals surface area contributed by atoms with E-state index in [2.05, 4.69) is 37.9 Å². The summed E-state index contributed by atoms with van der Waals surface area (Å²) in [5.74, 6) is -0.926. The van der Waals surface area contributed by atoms with Crippen LogP contribution in [0, 0.1) is 5.92 Å². The van der Waals surface area contributed by atoms with Crippen LogP contribution in [0.3, 0.4) is 0 Å². The van der Waals surface area contributed by atoms with E-state index in [1.165, 1.54) is 12.3 Å². The maximum atomic E-state index is 13.9. The first-order valence-electron chi connectivity index (χ1n) is 12.4. The van der Waals surface area contributed by atoms with Gasteiger partial charge in [-0.05, 0) is 59.8 Å². The molecule has 2 aromatic rings. The summed E-state index contributed by atoms with van der Waals surface area (Å²) in [4.78, 5) is 29.2. The lowest BCUT2D eigenvalue weighted by Gasteiger charge is -2.38. The number of aromatic nitrogens is 2. The van der Waals surface area contributed by atoms with Crippen molar-refractivity contribution in [3.05, 3.63) is 59.5 Å². The van der Waals surface area contributed by atoms with Gasteiger partial charge in [-0.25, -0.2) is 8.42 Å². The Balaban J connectivity index is 1.63. The van der Waals surface area contributed by atoms with E-state index in [1.54, 1.807) is 21.7 Å². The Morgan fingerprint density at radius 1 is 1.27 bits per heavy atom. The van der Waals surface area contributed by atoms with Crippen molar-refractivity contribution in [2.45, 2.75) is 48.9 Å². The first kappa shape index (κ1) is 27.5. The van der Waals surface area contributed by atoms with E-state index < -0.39 is 27.0 Å². The first-order valence-corrected chi connectivity index (χ1v) is 14.9. The molecule has 192 valence electrons. The summed E-state index contributed by atoms with van der Waals surface area (Å²) in [5.41, 5.74) is 2.83. The van der Waals surface area contributed by atoms with Crippen LogP contribution < -0.4 is 15.5 Å². The monoisotopic (exact) mass is 536 g/mol. The zero-order chi connectivity index (χ0) is 27.1. The molecule has 4 rings (SSSR count). The molecule has 0 saturated heterocycles. The predicted molar refractivity (Wildman–Crippen MR) is 158 cm³/mol. The summed E-state index contributed by atoms with van der Waals surface area (Å²) >= 11 is 0. The Bertz CT molecular complexity index is 1420. The summed E-state index contributed by atoms with van der Waals surface area (Å²) in [6.45, 7) is 2.47. The van der Waals surface area contributed by atoms with Gasteiger partial charge < -0.3 is 10.2 Å². The second-order valence-electron chi connectivity index (χ2n) is 10.9. The number of hydrogen-bond donors (Lipinski definition) is 1. The quantitative estimate of drug-likeness (QED) is 0.374. The number of amides is 2. The van der Waals surface area contributed by atoms with Crippen LogP contribution >= 0.6 is 9.24 Å². The number of nitrogens with zero attached hydrogens (tertiary/aromatic N) is 3. The normalized spacial score (nSPS) is 20.2. The third-order valence-electron chi connectivity index (χ3n) is 6.70. The molecule has 0 radical (unpaired) electrons. The second kappa shape index (κ2) is 10.3. The highest BCUT2D eigenvalue weighted by Crippen LogP contribution is 2.34. The molecule has 1 unspecified atom stereocenters. The van der Waals surface area contributed by atoms with Crippen molar-refractivity contribution in [2.24, 2.45) is 5.92 Å². The molecule has 13 heteroatoms. The summed E-state index contributed by atoms with van der Waals surface area (Å²) in [6.07, 6.45) is 11.8. The number of carbonyl (C=O) groups is 2. The van der Waals surface area contributed by atoms with Crippen LogP contribution in [0.2, 0.25) is 0 Å². The Hall–Kier alpha value is -2.58. The smallest absolute Gasteiger partial charge is 0.273 e. The number of rotatable bonds is 6. The standard InChI is InChI=1S/C24H32B3N4O4PS/c1-14-10-16-11-17(37(2,34)35)8-9-18(16)31(24(25,26)27)23(33)20(14)28-22(32)21-19(36)13-30(29-21)12-15-6-4-3-5-7-15/h4,6-9,11,13-14,20H,3,5,10,12,25-27,36H2,1-2H3,(H,28,32)/t14-,20-/m1/s1. The maximum absolute atomic E-state index is 13.9. The van der Waals surface area contributed by atoms with Gasteiger partial charge in [-0.15, -0.1) is 9.24 Å². The number of benzene rings is 1. The first-order chi connectivity index (χ1) is 17.3. The van der Waals surface area contributed by atoms with Crippen molar-refractivity contribution in [2.75, 3.05) is 11.2 Å². The lowest BCUT2D eigenvalue weighted by Crippen LogP contribution is -2.60. The van der Waals surface area contributed by atoms with Gasteiger partial charge in [0, 0.05) is 23.4 Å². The molecule has 0 fully saturated rings. The molecular formula is C24H32B3N4O4PS. The van der Waals surface area contributed by atoms with Gasteiger partial charge in [0.2, 0.25) is 5.91 Å². The maximum Gasteiger partial charge on any atom is 0.273 e. The fourth-order valence-corrected chi connectivity index (χ4v) is 5.94. The number of sulfone groups is 1. The van der Waals surface area contributed by atoms with Crippen molar-refractivity contribution in [1.29, 1.82) is 0 Å². The fourth-order valence-electron chi connectivity index (χ4n) is 4.91. The van der Waals surface area contributed by atoms with Gasteiger partial charge in [-0.1, -0.05) is 25.2 Å².